The van der Waals surface area contributed by atoms with Crippen LogP contribution < -0.4 is 4.74 Å². The molecule has 0 aliphatic rings. The van der Waals surface area contributed by atoms with Crippen LogP contribution in [0.1, 0.15) is 5.56 Å². The van der Waals surface area contributed by atoms with Crippen LogP contribution >= 0.6 is 0 Å². The maximum absolute atomic E-state index is 5.67. The van der Waals surface area contributed by atoms with Gasteiger partial charge in [0.1, 0.15) is 6.61 Å². The fourth-order valence-corrected chi connectivity index (χ4v) is 2.63. The van der Waals surface area contributed by atoms with Crippen LogP contribution in [0.3, 0.4) is 0 Å². The minimum absolute atomic E-state index is 0.502. The van der Waals surface area contributed by atoms with E-state index in [2.05, 4.69) is 47.6 Å². The number of para-hydroxylation sites is 1. The number of hydrogen-bond acceptors (Lipinski definition) is 3. The van der Waals surface area contributed by atoms with Gasteiger partial charge >= 0.3 is 0 Å². The third-order valence-corrected chi connectivity index (χ3v) is 3.92. The summed E-state index contributed by atoms with van der Waals surface area (Å²) in [5.41, 5.74) is 4.19. The van der Waals surface area contributed by atoms with E-state index in [1.165, 1.54) is 0 Å². The Morgan fingerprint density at radius 1 is 0.917 bits per heavy atom. The minimum atomic E-state index is 0.502. The molecule has 0 N–H and O–H groups in total. The van der Waals surface area contributed by atoms with Crippen molar-refractivity contribution >= 4 is 10.9 Å². The summed E-state index contributed by atoms with van der Waals surface area (Å²) in [6, 6.07) is 22.5. The molecule has 0 saturated carbocycles. The Balaban J connectivity index is 1.51. The van der Waals surface area contributed by atoms with Crippen molar-refractivity contribution in [1.29, 1.82) is 0 Å². The first-order valence-corrected chi connectivity index (χ1v) is 7.85. The van der Waals surface area contributed by atoms with Gasteiger partial charge < -0.3 is 4.74 Å². The molecule has 2 heterocycles. The highest BCUT2D eigenvalue weighted by Crippen LogP contribution is 2.21. The average Bonchev–Trinajstić information content (AvgIpc) is 3.05. The summed E-state index contributed by atoms with van der Waals surface area (Å²) in [5.74, 6) is 0.637. The molecule has 0 unspecified atom stereocenters. The first-order valence-electron chi connectivity index (χ1n) is 7.85. The SMILES string of the molecule is Cn1ccc(OCc2ccc(-c3ccc4ccccc4n3)cc2)n1. The third kappa shape index (κ3) is 2.99. The van der Waals surface area contributed by atoms with Crippen LogP contribution in [0.25, 0.3) is 22.2 Å². The smallest absolute Gasteiger partial charge is 0.233 e. The zero-order valence-electron chi connectivity index (χ0n) is 13.4. The van der Waals surface area contributed by atoms with Crippen molar-refractivity contribution < 1.29 is 4.74 Å². The van der Waals surface area contributed by atoms with Gasteiger partial charge in [0.25, 0.3) is 0 Å². The van der Waals surface area contributed by atoms with E-state index in [0.717, 1.165) is 27.7 Å². The molecule has 118 valence electrons. The van der Waals surface area contributed by atoms with E-state index in [4.69, 9.17) is 9.72 Å². The molecular weight excluding hydrogens is 298 g/mol. The zero-order chi connectivity index (χ0) is 16.4. The number of hydrogen-bond donors (Lipinski definition) is 0. The van der Waals surface area contributed by atoms with Gasteiger partial charge in [-0.25, -0.2) is 4.98 Å². The lowest BCUT2D eigenvalue weighted by Crippen LogP contribution is -1.97. The van der Waals surface area contributed by atoms with Crippen molar-refractivity contribution in [3.63, 3.8) is 0 Å². The number of aryl methyl sites for hydroxylation is 1. The predicted octanol–water partition coefficient (Wildman–Crippen LogP) is 4.21. The summed E-state index contributed by atoms with van der Waals surface area (Å²) in [7, 11) is 1.87. The van der Waals surface area contributed by atoms with Crippen LogP contribution in [0.5, 0.6) is 5.88 Å². The van der Waals surface area contributed by atoms with Gasteiger partial charge in [-0.05, 0) is 17.7 Å². The van der Waals surface area contributed by atoms with Gasteiger partial charge in [0, 0.05) is 30.3 Å². The maximum Gasteiger partial charge on any atom is 0.233 e. The average molecular weight is 315 g/mol. The van der Waals surface area contributed by atoms with E-state index in [1.807, 2.05) is 37.5 Å². The van der Waals surface area contributed by atoms with Crippen molar-refractivity contribution in [3.8, 4) is 17.1 Å². The van der Waals surface area contributed by atoms with Gasteiger partial charge in [0.15, 0.2) is 0 Å². The van der Waals surface area contributed by atoms with Gasteiger partial charge in [-0.15, -0.1) is 5.10 Å². The van der Waals surface area contributed by atoms with Crippen LogP contribution in [0, 0.1) is 0 Å². The molecule has 0 aliphatic heterocycles. The topological polar surface area (TPSA) is 39.9 Å². The Morgan fingerprint density at radius 3 is 2.54 bits per heavy atom. The Morgan fingerprint density at radius 2 is 1.75 bits per heavy atom. The van der Waals surface area contributed by atoms with E-state index in [9.17, 15) is 0 Å². The summed E-state index contributed by atoms with van der Waals surface area (Å²) in [5, 5.41) is 5.36. The monoisotopic (exact) mass is 315 g/mol. The standard InChI is InChI=1S/C20H17N3O/c1-23-13-12-20(22-23)24-14-15-6-8-17(9-7-15)19-11-10-16-4-2-3-5-18(16)21-19/h2-13H,14H2,1H3. The van der Waals surface area contributed by atoms with E-state index in [1.54, 1.807) is 4.68 Å². The largest absolute Gasteiger partial charge is 0.472 e. The molecule has 2 aromatic carbocycles. The molecule has 2 aromatic heterocycles. The molecule has 0 spiro atoms. The molecule has 4 aromatic rings. The fourth-order valence-electron chi connectivity index (χ4n) is 2.63. The number of ether oxygens (including phenoxy) is 1. The second-order valence-electron chi connectivity index (χ2n) is 5.70. The molecule has 0 bridgehead atoms. The Hall–Kier alpha value is -3.14. The zero-order valence-corrected chi connectivity index (χ0v) is 13.4. The van der Waals surface area contributed by atoms with Gasteiger partial charge in [-0.3, -0.25) is 4.68 Å². The highest BCUT2D eigenvalue weighted by atomic mass is 16.5. The molecule has 24 heavy (non-hydrogen) atoms. The first-order chi connectivity index (χ1) is 11.8. The van der Waals surface area contributed by atoms with E-state index < -0.39 is 0 Å². The molecule has 0 aliphatic carbocycles. The summed E-state index contributed by atoms with van der Waals surface area (Å²) in [6.45, 7) is 0.502. The fraction of sp³-hybridized carbons (Fsp3) is 0.100. The highest BCUT2D eigenvalue weighted by Gasteiger charge is 2.03. The molecule has 0 saturated heterocycles. The van der Waals surface area contributed by atoms with Crippen molar-refractivity contribution in [1.82, 2.24) is 14.8 Å². The highest BCUT2D eigenvalue weighted by molar-refractivity contribution is 5.81. The summed E-state index contributed by atoms with van der Waals surface area (Å²) >= 11 is 0. The number of fused-ring (bicyclic) bond motifs is 1. The lowest BCUT2D eigenvalue weighted by atomic mass is 10.1. The van der Waals surface area contributed by atoms with Crippen LogP contribution in [-0.2, 0) is 13.7 Å². The van der Waals surface area contributed by atoms with Crippen LogP contribution in [0.15, 0.2) is 72.9 Å². The minimum Gasteiger partial charge on any atom is -0.472 e. The van der Waals surface area contributed by atoms with Gasteiger partial charge in [0.2, 0.25) is 5.88 Å². The summed E-state index contributed by atoms with van der Waals surface area (Å²) < 4.78 is 7.39. The van der Waals surface area contributed by atoms with E-state index in [-0.39, 0.29) is 0 Å². The Labute approximate surface area is 140 Å². The maximum atomic E-state index is 5.67. The van der Waals surface area contributed by atoms with Crippen LogP contribution in [-0.4, -0.2) is 14.8 Å². The van der Waals surface area contributed by atoms with Crippen molar-refractivity contribution in [3.05, 3.63) is 78.5 Å². The molecule has 0 atom stereocenters. The van der Waals surface area contributed by atoms with Gasteiger partial charge in [0.05, 0.1) is 11.2 Å². The molecule has 4 rings (SSSR count). The summed E-state index contributed by atoms with van der Waals surface area (Å²) in [6.07, 6.45) is 1.86. The third-order valence-electron chi connectivity index (χ3n) is 3.92. The Kier molecular flexibility index (Phi) is 3.71. The van der Waals surface area contributed by atoms with Crippen molar-refractivity contribution in [2.24, 2.45) is 7.05 Å². The lowest BCUT2D eigenvalue weighted by molar-refractivity contribution is 0.291. The van der Waals surface area contributed by atoms with E-state index >= 15 is 0 Å². The van der Waals surface area contributed by atoms with Crippen molar-refractivity contribution in [2.45, 2.75) is 6.61 Å². The second kappa shape index (κ2) is 6.16. The first kappa shape index (κ1) is 14.5. The molecular formula is C20H17N3O. The second-order valence-corrected chi connectivity index (χ2v) is 5.70. The quantitative estimate of drug-likeness (QED) is 0.566. The normalized spacial score (nSPS) is 10.9. The van der Waals surface area contributed by atoms with Crippen LogP contribution in [0.4, 0.5) is 0 Å². The van der Waals surface area contributed by atoms with E-state index in [0.29, 0.717) is 12.5 Å². The van der Waals surface area contributed by atoms with Gasteiger partial charge in [-0.2, -0.15) is 0 Å². The molecule has 4 nitrogen and oxygen atoms in total. The number of pyridine rings is 1. The lowest BCUT2D eigenvalue weighted by Gasteiger charge is -2.06. The molecule has 4 heteroatoms. The summed E-state index contributed by atoms with van der Waals surface area (Å²) in [4.78, 5) is 4.73. The number of aromatic nitrogens is 3. The predicted molar refractivity (Wildman–Crippen MR) is 94.7 cm³/mol. The van der Waals surface area contributed by atoms with Crippen LogP contribution in [0.2, 0.25) is 0 Å². The molecule has 0 radical (unpaired) electrons. The number of nitrogens with zero attached hydrogens (tertiary/aromatic N) is 3. The van der Waals surface area contributed by atoms with Crippen molar-refractivity contribution in [2.75, 3.05) is 0 Å². The van der Waals surface area contributed by atoms with Gasteiger partial charge in [-0.1, -0.05) is 48.5 Å². The molecule has 0 amide bonds. The number of benzene rings is 2. The number of rotatable bonds is 4. The molecule has 0 fully saturated rings. The Bertz CT molecular complexity index is 974.